The first-order valence-electron chi connectivity index (χ1n) is 14.1. The minimum Gasteiger partial charge on any atom is -0.507 e. The molecule has 1 saturated heterocycles. The molecule has 6 rings (SSSR count). The molecule has 10 heteroatoms. The first kappa shape index (κ1) is 30.2. The number of Topliss-reactive ketones (excluding diaryl/α,β-unsaturated/α-hetero) is 1. The van der Waals surface area contributed by atoms with Gasteiger partial charge in [0.05, 0.1) is 11.6 Å². The third kappa shape index (κ3) is 6.67. The van der Waals surface area contributed by atoms with Crippen molar-refractivity contribution in [3.05, 3.63) is 142 Å². The quantitative estimate of drug-likeness (QED) is 0.0580. The third-order valence-electron chi connectivity index (χ3n) is 7.33. The number of hydrogen-bond acceptors (Lipinski definition) is 8. The Morgan fingerprint density at radius 1 is 0.911 bits per heavy atom. The zero-order valence-electron chi connectivity index (χ0n) is 24.4. The fourth-order valence-electron chi connectivity index (χ4n) is 5.01. The molecule has 1 amide bonds. The molecule has 45 heavy (non-hydrogen) atoms. The van der Waals surface area contributed by atoms with Gasteiger partial charge in [0.15, 0.2) is 4.34 Å². The number of ether oxygens (including phenoxy) is 1. The van der Waals surface area contributed by atoms with E-state index in [1.807, 2.05) is 56.3 Å². The number of halogens is 1. The molecule has 1 fully saturated rings. The molecule has 0 spiro atoms. The Labute approximate surface area is 268 Å². The predicted octanol–water partition coefficient (Wildman–Crippen LogP) is 7.79. The van der Waals surface area contributed by atoms with Crippen LogP contribution in [0.1, 0.15) is 39.4 Å². The second-order valence-electron chi connectivity index (χ2n) is 10.6. The Bertz CT molecular complexity index is 1890. The molecule has 1 unspecified atom stereocenters. The number of aliphatic hydroxyl groups excluding tert-OH is 1. The van der Waals surface area contributed by atoms with Crippen molar-refractivity contribution >= 4 is 45.7 Å². The van der Waals surface area contributed by atoms with Crippen LogP contribution in [0.2, 0.25) is 0 Å². The average molecular weight is 638 g/mol. The lowest BCUT2D eigenvalue weighted by atomic mass is 9.95. The van der Waals surface area contributed by atoms with Crippen LogP contribution in [0.25, 0.3) is 5.76 Å². The first-order valence-corrected chi connectivity index (χ1v) is 15.9. The van der Waals surface area contributed by atoms with Gasteiger partial charge in [-0.15, -0.1) is 10.2 Å². The molecule has 0 saturated carbocycles. The minimum atomic E-state index is -0.911. The lowest BCUT2D eigenvalue weighted by Gasteiger charge is -2.22. The van der Waals surface area contributed by atoms with Gasteiger partial charge in [0.2, 0.25) is 5.13 Å². The molecule has 1 aromatic heterocycles. The molecular formula is C35H28FN3O4S2. The van der Waals surface area contributed by atoms with E-state index >= 15 is 0 Å². The topological polar surface area (TPSA) is 92.6 Å². The molecule has 7 nitrogen and oxygen atoms in total. The van der Waals surface area contributed by atoms with Gasteiger partial charge in [-0.25, -0.2) is 4.39 Å². The minimum absolute atomic E-state index is 0.0343. The highest BCUT2D eigenvalue weighted by atomic mass is 32.2. The van der Waals surface area contributed by atoms with E-state index in [2.05, 4.69) is 16.3 Å². The average Bonchev–Trinajstić information content (AvgIpc) is 3.62. The predicted molar refractivity (Wildman–Crippen MR) is 174 cm³/mol. The number of carbonyl (C=O) groups is 2. The van der Waals surface area contributed by atoms with Crippen molar-refractivity contribution in [3.63, 3.8) is 0 Å². The Kier molecular flexibility index (Phi) is 8.77. The van der Waals surface area contributed by atoms with Crippen molar-refractivity contribution in [2.45, 2.75) is 36.6 Å². The summed E-state index contributed by atoms with van der Waals surface area (Å²) in [6, 6.07) is 27.5. The van der Waals surface area contributed by atoms with Gasteiger partial charge in [-0.2, -0.15) is 0 Å². The molecule has 1 aliphatic heterocycles. The Hall–Kier alpha value is -4.80. The third-order valence-corrected chi connectivity index (χ3v) is 9.46. The maximum absolute atomic E-state index is 13.5. The van der Waals surface area contributed by atoms with E-state index < -0.39 is 17.7 Å². The van der Waals surface area contributed by atoms with Crippen molar-refractivity contribution in [2.24, 2.45) is 0 Å². The van der Waals surface area contributed by atoms with Crippen LogP contribution in [0.3, 0.4) is 0 Å². The number of anilines is 1. The van der Waals surface area contributed by atoms with Gasteiger partial charge in [0, 0.05) is 11.3 Å². The molecule has 1 atom stereocenters. The van der Waals surface area contributed by atoms with E-state index in [0.717, 1.165) is 22.3 Å². The molecule has 2 heterocycles. The number of carbonyl (C=O) groups excluding carboxylic acids is 2. The van der Waals surface area contributed by atoms with Crippen LogP contribution in [0.15, 0.2) is 107 Å². The van der Waals surface area contributed by atoms with E-state index in [9.17, 15) is 19.1 Å². The van der Waals surface area contributed by atoms with Gasteiger partial charge in [-0.05, 0) is 66.9 Å². The van der Waals surface area contributed by atoms with Crippen molar-refractivity contribution in [1.29, 1.82) is 0 Å². The summed E-state index contributed by atoms with van der Waals surface area (Å²) >= 11 is 2.57. The van der Waals surface area contributed by atoms with Crippen molar-refractivity contribution < 1.29 is 23.8 Å². The van der Waals surface area contributed by atoms with Gasteiger partial charge in [-0.3, -0.25) is 14.5 Å². The lowest BCUT2D eigenvalue weighted by Crippen LogP contribution is -2.29. The molecule has 4 aromatic carbocycles. The summed E-state index contributed by atoms with van der Waals surface area (Å²) in [5.41, 5.74) is 5.08. The highest BCUT2D eigenvalue weighted by molar-refractivity contribution is 8.00. The smallest absolute Gasteiger partial charge is 0.301 e. The molecule has 0 bridgehead atoms. The van der Waals surface area contributed by atoms with Gasteiger partial charge in [0.25, 0.3) is 5.78 Å². The first-order chi connectivity index (χ1) is 21.8. The number of aromatic nitrogens is 2. The fourth-order valence-corrected chi connectivity index (χ4v) is 6.83. The number of thioether (sulfide) groups is 1. The lowest BCUT2D eigenvalue weighted by molar-refractivity contribution is -0.132. The van der Waals surface area contributed by atoms with Gasteiger partial charge < -0.3 is 9.84 Å². The van der Waals surface area contributed by atoms with Gasteiger partial charge >= 0.3 is 5.91 Å². The monoisotopic (exact) mass is 637 g/mol. The zero-order chi connectivity index (χ0) is 31.5. The number of ketones is 1. The molecule has 226 valence electrons. The molecule has 0 radical (unpaired) electrons. The van der Waals surface area contributed by atoms with Crippen LogP contribution in [0, 0.1) is 19.7 Å². The van der Waals surface area contributed by atoms with Crippen LogP contribution in [0.4, 0.5) is 9.52 Å². The second kappa shape index (κ2) is 13.1. The Morgan fingerprint density at radius 2 is 1.64 bits per heavy atom. The maximum Gasteiger partial charge on any atom is 0.301 e. The SMILES string of the molecule is Cc1ccc(C2/C(=C(\O)c3ccc(OCc4cccc(C)c4)cc3)C(=O)C(=O)N2c2nnc(SCc3ccc(F)cc3)s2)cc1. The number of amides is 1. The maximum atomic E-state index is 13.5. The number of hydrogen-bond donors (Lipinski definition) is 1. The molecule has 1 aliphatic rings. The molecule has 1 N–H and O–H groups in total. The van der Waals surface area contributed by atoms with E-state index in [1.165, 1.54) is 40.1 Å². The Balaban J connectivity index is 1.29. The summed E-state index contributed by atoms with van der Waals surface area (Å²) in [5.74, 6) is -1.08. The van der Waals surface area contributed by atoms with E-state index in [-0.39, 0.29) is 22.3 Å². The Morgan fingerprint density at radius 3 is 2.36 bits per heavy atom. The summed E-state index contributed by atoms with van der Waals surface area (Å²) in [4.78, 5) is 28.4. The van der Waals surface area contributed by atoms with Crippen LogP contribution in [-0.4, -0.2) is 27.0 Å². The molecular weight excluding hydrogens is 610 g/mol. The van der Waals surface area contributed by atoms with Crippen LogP contribution < -0.4 is 9.64 Å². The normalized spacial score (nSPS) is 15.9. The number of rotatable bonds is 9. The highest BCUT2D eigenvalue weighted by Gasteiger charge is 2.48. The number of aliphatic hydroxyl groups is 1. The van der Waals surface area contributed by atoms with Crippen LogP contribution >= 0.6 is 23.1 Å². The van der Waals surface area contributed by atoms with Crippen molar-refractivity contribution in [1.82, 2.24) is 10.2 Å². The van der Waals surface area contributed by atoms with Gasteiger partial charge in [0.1, 0.15) is 23.9 Å². The standard InChI is InChI=1S/C35H28FN3O4S2/c1-21-6-10-25(11-7-21)30-29(31(40)26-12-16-28(17-13-26)43-19-24-5-3-4-22(2)18-24)32(41)33(42)39(30)34-37-38-35(45-34)44-20-23-8-14-27(36)15-9-23/h3-18,30,40H,19-20H2,1-2H3/b31-29+. The molecule has 0 aliphatic carbocycles. The fraction of sp³-hybridized carbons (Fsp3) is 0.143. The summed E-state index contributed by atoms with van der Waals surface area (Å²) in [6.45, 7) is 4.35. The number of aryl methyl sites for hydroxylation is 2. The summed E-state index contributed by atoms with van der Waals surface area (Å²) in [7, 11) is 0. The van der Waals surface area contributed by atoms with Crippen molar-refractivity contribution in [2.75, 3.05) is 4.90 Å². The summed E-state index contributed by atoms with van der Waals surface area (Å²) in [5, 5.41) is 20.2. The van der Waals surface area contributed by atoms with E-state index in [0.29, 0.717) is 33.6 Å². The molecule has 5 aromatic rings. The highest BCUT2D eigenvalue weighted by Crippen LogP contribution is 2.44. The second-order valence-corrected chi connectivity index (χ2v) is 12.8. The van der Waals surface area contributed by atoms with Gasteiger partial charge in [-0.1, -0.05) is 94.9 Å². The van der Waals surface area contributed by atoms with Crippen LogP contribution in [-0.2, 0) is 21.9 Å². The number of nitrogens with zero attached hydrogens (tertiary/aromatic N) is 3. The summed E-state index contributed by atoms with van der Waals surface area (Å²) in [6.07, 6.45) is 0. The van der Waals surface area contributed by atoms with E-state index in [1.54, 1.807) is 36.4 Å². The van der Waals surface area contributed by atoms with Crippen molar-refractivity contribution in [3.8, 4) is 5.75 Å². The van der Waals surface area contributed by atoms with E-state index in [4.69, 9.17) is 4.74 Å². The number of benzene rings is 4. The summed E-state index contributed by atoms with van der Waals surface area (Å²) < 4.78 is 19.8. The van der Waals surface area contributed by atoms with Crippen LogP contribution in [0.5, 0.6) is 5.75 Å². The largest absolute Gasteiger partial charge is 0.507 e. The zero-order valence-corrected chi connectivity index (χ0v) is 26.1.